The maximum absolute atomic E-state index is 12.7. The van der Waals surface area contributed by atoms with Gasteiger partial charge in [0.15, 0.2) is 0 Å². The number of ether oxygens (including phenoxy) is 1. The molecule has 1 aromatic carbocycles. The highest BCUT2D eigenvalue weighted by molar-refractivity contribution is 5.72. The number of nitrogens with zero attached hydrogens (tertiary/aromatic N) is 1. The first-order valence-corrected chi connectivity index (χ1v) is 7.34. The zero-order valence-corrected chi connectivity index (χ0v) is 13.1. The quantitative estimate of drug-likeness (QED) is 0.863. The minimum atomic E-state index is -4.44. The molecule has 23 heavy (non-hydrogen) atoms. The van der Waals surface area contributed by atoms with E-state index in [0.29, 0.717) is 23.5 Å². The summed E-state index contributed by atoms with van der Waals surface area (Å²) < 4.78 is 43.8. The zero-order chi connectivity index (χ0) is 16.9. The summed E-state index contributed by atoms with van der Waals surface area (Å²) in [6.07, 6.45) is -1.44. The lowest BCUT2D eigenvalue weighted by Crippen LogP contribution is -2.10. The molecular weight excluding hydrogens is 305 g/mol. The second kappa shape index (κ2) is 7.46. The fraction of sp³-hybridized carbons (Fsp3) is 0.353. The summed E-state index contributed by atoms with van der Waals surface area (Å²) in [5.74, 6) is 0.693. The highest BCUT2D eigenvalue weighted by atomic mass is 19.4. The van der Waals surface area contributed by atoms with Crippen LogP contribution in [0, 0.1) is 0 Å². The third-order valence-corrected chi connectivity index (χ3v) is 3.29. The van der Waals surface area contributed by atoms with Gasteiger partial charge in [0.2, 0.25) is 0 Å². The van der Waals surface area contributed by atoms with Crippen molar-refractivity contribution in [1.29, 1.82) is 0 Å². The van der Waals surface area contributed by atoms with Crippen molar-refractivity contribution in [2.24, 2.45) is 0 Å². The Hall–Kier alpha value is -2.08. The number of hydrogen-bond acceptors (Lipinski definition) is 3. The van der Waals surface area contributed by atoms with Crippen molar-refractivity contribution in [1.82, 2.24) is 10.3 Å². The van der Waals surface area contributed by atoms with Crippen LogP contribution >= 0.6 is 0 Å². The summed E-state index contributed by atoms with van der Waals surface area (Å²) in [5.41, 5.74) is 1.32. The zero-order valence-electron chi connectivity index (χ0n) is 13.1. The van der Waals surface area contributed by atoms with Gasteiger partial charge in [-0.1, -0.05) is 18.2 Å². The van der Waals surface area contributed by atoms with E-state index in [4.69, 9.17) is 4.74 Å². The van der Waals surface area contributed by atoms with E-state index in [2.05, 4.69) is 10.3 Å². The highest BCUT2D eigenvalue weighted by Gasteiger charge is 2.32. The topological polar surface area (TPSA) is 34.1 Å². The Kier molecular flexibility index (Phi) is 5.60. The molecule has 1 N–H and O–H groups in total. The van der Waals surface area contributed by atoms with Gasteiger partial charge in [-0.2, -0.15) is 13.2 Å². The Balaban J connectivity index is 0.000000595. The van der Waals surface area contributed by atoms with E-state index in [1.54, 1.807) is 12.1 Å². The standard InChI is InChI=1S/C15H12F3NO.C2H7N/c16-15(17,18)13-9-11(6-7-19-13)12-5-1-3-10-4-2-8-20-14(10)12;1-3-2/h1,3,5-7,9H,2,4,8H2;3H,1-2H3. The van der Waals surface area contributed by atoms with Crippen LogP contribution in [0.4, 0.5) is 13.2 Å². The fourth-order valence-electron chi connectivity index (χ4n) is 2.37. The van der Waals surface area contributed by atoms with E-state index in [0.717, 1.165) is 24.5 Å². The number of aryl methyl sites for hydroxylation is 1. The molecule has 0 radical (unpaired) electrons. The molecular formula is C17H19F3N2O. The summed E-state index contributed by atoms with van der Waals surface area (Å²) in [4.78, 5) is 3.38. The molecule has 1 aromatic heterocycles. The minimum Gasteiger partial charge on any atom is -0.493 e. The van der Waals surface area contributed by atoms with Gasteiger partial charge in [-0.3, -0.25) is 4.98 Å². The molecule has 0 amide bonds. The summed E-state index contributed by atoms with van der Waals surface area (Å²) in [6.45, 7) is 0.598. The van der Waals surface area contributed by atoms with Crippen LogP contribution in [0.15, 0.2) is 36.5 Å². The predicted octanol–water partition coefficient (Wildman–Crippen LogP) is 3.93. The maximum Gasteiger partial charge on any atom is 0.433 e. The molecule has 0 bridgehead atoms. The number of alkyl halides is 3. The minimum absolute atomic E-state index is 0.478. The molecule has 124 valence electrons. The van der Waals surface area contributed by atoms with Gasteiger partial charge in [-0.05, 0) is 50.2 Å². The van der Waals surface area contributed by atoms with E-state index in [-0.39, 0.29) is 0 Å². The Morgan fingerprint density at radius 1 is 1.17 bits per heavy atom. The maximum atomic E-state index is 12.7. The lowest BCUT2D eigenvalue weighted by molar-refractivity contribution is -0.141. The first-order chi connectivity index (χ1) is 11.0. The average Bonchev–Trinajstić information content (AvgIpc) is 2.54. The van der Waals surface area contributed by atoms with E-state index in [1.165, 1.54) is 6.20 Å². The van der Waals surface area contributed by atoms with E-state index in [1.807, 2.05) is 26.2 Å². The summed E-state index contributed by atoms with van der Waals surface area (Å²) in [6, 6.07) is 8.20. The number of aromatic nitrogens is 1. The van der Waals surface area contributed by atoms with Gasteiger partial charge in [-0.15, -0.1) is 0 Å². The molecule has 0 atom stereocenters. The van der Waals surface area contributed by atoms with Crippen LogP contribution in [-0.4, -0.2) is 25.7 Å². The summed E-state index contributed by atoms with van der Waals surface area (Å²) in [5, 5.41) is 2.75. The molecule has 1 aliphatic heterocycles. The number of rotatable bonds is 1. The molecule has 3 nitrogen and oxygen atoms in total. The van der Waals surface area contributed by atoms with Crippen LogP contribution in [0.5, 0.6) is 5.75 Å². The third-order valence-electron chi connectivity index (χ3n) is 3.29. The molecule has 2 heterocycles. The van der Waals surface area contributed by atoms with Crippen molar-refractivity contribution >= 4 is 0 Å². The number of hydrogen-bond donors (Lipinski definition) is 1. The molecule has 6 heteroatoms. The smallest absolute Gasteiger partial charge is 0.433 e. The molecule has 0 saturated carbocycles. The van der Waals surface area contributed by atoms with Crippen molar-refractivity contribution in [3.63, 3.8) is 0 Å². The van der Waals surface area contributed by atoms with E-state index in [9.17, 15) is 13.2 Å². The monoisotopic (exact) mass is 324 g/mol. The van der Waals surface area contributed by atoms with E-state index >= 15 is 0 Å². The first-order valence-electron chi connectivity index (χ1n) is 7.34. The number of fused-ring (bicyclic) bond motifs is 1. The highest BCUT2D eigenvalue weighted by Crippen LogP contribution is 2.37. The van der Waals surface area contributed by atoms with Crippen LogP contribution in [0.3, 0.4) is 0 Å². The molecule has 1 aliphatic rings. The average molecular weight is 324 g/mol. The van der Waals surface area contributed by atoms with Crippen LogP contribution in [-0.2, 0) is 12.6 Å². The predicted molar refractivity (Wildman–Crippen MR) is 83.5 cm³/mol. The first kappa shape index (κ1) is 17.3. The van der Waals surface area contributed by atoms with Gasteiger partial charge in [0.25, 0.3) is 0 Å². The molecule has 0 aliphatic carbocycles. The Labute approximate surface area is 133 Å². The van der Waals surface area contributed by atoms with Crippen LogP contribution in [0.2, 0.25) is 0 Å². The Morgan fingerprint density at radius 3 is 2.61 bits per heavy atom. The molecule has 0 unspecified atom stereocenters. The Bertz CT molecular complexity index is 657. The van der Waals surface area contributed by atoms with Crippen molar-refractivity contribution in [2.45, 2.75) is 19.0 Å². The molecule has 0 saturated heterocycles. The number of benzene rings is 1. The molecule has 2 aromatic rings. The largest absolute Gasteiger partial charge is 0.493 e. The van der Waals surface area contributed by atoms with Gasteiger partial charge in [0.05, 0.1) is 6.61 Å². The fourth-order valence-corrected chi connectivity index (χ4v) is 2.37. The van der Waals surface area contributed by atoms with Crippen LogP contribution in [0.25, 0.3) is 11.1 Å². The normalized spacial score (nSPS) is 13.4. The van der Waals surface area contributed by atoms with Crippen LogP contribution < -0.4 is 10.1 Å². The number of para-hydroxylation sites is 1. The van der Waals surface area contributed by atoms with Gasteiger partial charge in [0.1, 0.15) is 11.4 Å². The van der Waals surface area contributed by atoms with Crippen molar-refractivity contribution in [3.05, 3.63) is 47.8 Å². The molecule has 0 fully saturated rings. The number of halogens is 3. The lowest BCUT2D eigenvalue weighted by Gasteiger charge is -2.20. The molecule has 0 spiro atoms. The lowest BCUT2D eigenvalue weighted by atomic mass is 9.98. The van der Waals surface area contributed by atoms with Crippen molar-refractivity contribution in [3.8, 4) is 16.9 Å². The SMILES string of the molecule is CNC.FC(F)(F)c1cc(-c2cccc3c2OCCC3)ccn1. The van der Waals surface area contributed by atoms with Gasteiger partial charge < -0.3 is 10.1 Å². The Morgan fingerprint density at radius 2 is 1.91 bits per heavy atom. The van der Waals surface area contributed by atoms with Crippen molar-refractivity contribution in [2.75, 3.05) is 20.7 Å². The van der Waals surface area contributed by atoms with E-state index < -0.39 is 11.9 Å². The van der Waals surface area contributed by atoms with Crippen LogP contribution in [0.1, 0.15) is 17.7 Å². The third kappa shape index (κ3) is 4.22. The van der Waals surface area contributed by atoms with Crippen molar-refractivity contribution < 1.29 is 17.9 Å². The number of nitrogens with one attached hydrogen (secondary N) is 1. The summed E-state index contributed by atoms with van der Waals surface area (Å²) in [7, 11) is 3.75. The summed E-state index contributed by atoms with van der Waals surface area (Å²) >= 11 is 0. The second-order valence-electron chi connectivity index (χ2n) is 5.17. The molecule has 3 rings (SSSR count). The van der Waals surface area contributed by atoms with Gasteiger partial charge in [-0.25, -0.2) is 0 Å². The number of pyridine rings is 1. The van der Waals surface area contributed by atoms with Gasteiger partial charge >= 0.3 is 6.18 Å². The second-order valence-corrected chi connectivity index (χ2v) is 5.17. The van der Waals surface area contributed by atoms with Gasteiger partial charge in [0, 0.05) is 11.8 Å².